The van der Waals surface area contributed by atoms with Crippen LogP contribution in [-0.4, -0.2) is 17.1 Å². The number of nitrogens with one attached hydrogen (secondary N) is 1. The predicted octanol–water partition coefficient (Wildman–Crippen LogP) is 5.82. The molecule has 5 nitrogen and oxygen atoms in total. The Balaban J connectivity index is 1.70. The third-order valence-electron chi connectivity index (χ3n) is 5.16. The first-order valence-electron chi connectivity index (χ1n) is 10.3. The number of anilines is 2. The van der Waals surface area contributed by atoms with Crippen LogP contribution in [0.1, 0.15) is 11.1 Å². The van der Waals surface area contributed by atoms with E-state index < -0.39 is 11.2 Å². The van der Waals surface area contributed by atoms with E-state index in [4.69, 9.17) is 0 Å². The van der Waals surface area contributed by atoms with E-state index in [1.54, 1.807) is 24.3 Å². The highest BCUT2D eigenvalue weighted by Crippen LogP contribution is 2.42. The van der Waals surface area contributed by atoms with Crippen molar-refractivity contribution in [1.82, 2.24) is 0 Å². The first-order valence-corrected chi connectivity index (χ1v) is 12.0. The number of nitrogens with zero attached hydrogens (tertiary/aromatic N) is 2. The smallest absolute Gasteiger partial charge is 0.269 e. The van der Waals surface area contributed by atoms with E-state index in [0.29, 0.717) is 22.8 Å². The minimum Gasteiger partial charge on any atom is -0.321 e. The molecule has 0 radical (unpaired) electrons. The summed E-state index contributed by atoms with van der Waals surface area (Å²) < 4.78 is 0.961. The number of amides is 2. The molecule has 1 N–H and O–H groups in total. The molecule has 3 aromatic rings. The van der Waals surface area contributed by atoms with Crippen molar-refractivity contribution in [3.63, 3.8) is 0 Å². The number of hydrogen-bond acceptors (Lipinski definition) is 4. The topological polar surface area (TPSA) is 73.2 Å². The highest BCUT2D eigenvalue weighted by molar-refractivity contribution is 9.10. The molecule has 1 fully saturated rings. The zero-order valence-electron chi connectivity index (χ0n) is 17.8. The average Bonchev–Trinajstić information content (AvgIpc) is 3.13. The summed E-state index contributed by atoms with van der Waals surface area (Å²) in [6, 6.07) is 26.3. The SMILES string of the molecule is Cc1ccc(NC(=O)C(C#N)=C2SC(Cc3ccc(Br)cc3)C(=O)N2c2ccccc2)cc1. The molecule has 0 bridgehead atoms. The van der Waals surface area contributed by atoms with Crippen LogP contribution in [0.3, 0.4) is 0 Å². The standard InChI is InChI=1S/C26H20BrN3O2S/c1-17-7-13-20(14-8-17)29-24(31)22(16-28)26-30(21-5-3-2-4-6-21)25(32)23(33-26)15-18-9-11-19(27)12-10-18/h2-14,23H,15H2,1H3,(H,29,31). The van der Waals surface area contributed by atoms with Gasteiger partial charge in [-0.3, -0.25) is 14.5 Å². The maximum absolute atomic E-state index is 13.4. The number of carbonyl (C=O) groups is 2. The Morgan fingerprint density at radius 3 is 2.36 bits per heavy atom. The van der Waals surface area contributed by atoms with Gasteiger partial charge in [0.1, 0.15) is 16.7 Å². The summed E-state index contributed by atoms with van der Waals surface area (Å²) >= 11 is 4.68. The molecule has 0 saturated carbocycles. The maximum Gasteiger partial charge on any atom is 0.269 e. The lowest BCUT2D eigenvalue weighted by atomic mass is 10.1. The normalized spacial score (nSPS) is 16.9. The van der Waals surface area contributed by atoms with E-state index in [2.05, 4.69) is 21.2 Å². The second kappa shape index (κ2) is 10.1. The number of thioether (sulfide) groups is 1. The van der Waals surface area contributed by atoms with Gasteiger partial charge >= 0.3 is 0 Å². The molecule has 1 aliphatic rings. The van der Waals surface area contributed by atoms with Crippen LogP contribution in [0.5, 0.6) is 0 Å². The van der Waals surface area contributed by atoms with E-state index in [0.717, 1.165) is 15.6 Å². The molecule has 1 aliphatic heterocycles. The largest absolute Gasteiger partial charge is 0.321 e. The number of benzene rings is 3. The number of aryl methyl sites for hydroxylation is 1. The van der Waals surface area contributed by atoms with Crippen molar-refractivity contribution < 1.29 is 9.59 Å². The fourth-order valence-electron chi connectivity index (χ4n) is 3.46. The van der Waals surface area contributed by atoms with Crippen LogP contribution in [0.4, 0.5) is 11.4 Å². The number of halogens is 1. The Hall–Kier alpha value is -3.34. The van der Waals surface area contributed by atoms with Gasteiger partial charge in [0.2, 0.25) is 5.91 Å². The first kappa shape index (κ1) is 22.8. The number of hydrogen-bond donors (Lipinski definition) is 1. The summed E-state index contributed by atoms with van der Waals surface area (Å²) in [5, 5.41) is 12.6. The highest BCUT2D eigenvalue weighted by Gasteiger charge is 2.40. The molecule has 0 spiro atoms. The summed E-state index contributed by atoms with van der Waals surface area (Å²) in [4.78, 5) is 28.0. The molecule has 1 unspecified atom stereocenters. The quantitative estimate of drug-likeness (QED) is 0.341. The van der Waals surface area contributed by atoms with Gasteiger partial charge in [-0.05, 0) is 55.3 Å². The zero-order valence-corrected chi connectivity index (χ0v) is 20.2. The first-order chi connectivity index (χ1) is 16.0. The van der Waals surface area contributed by atoms with Crippen LogP contribution in [0.25, 0.3) is 0 Å². The summed E-state index contributed by atoms with van der Waals surface area (Å²) in [5.74, 6) is -0.693. The monoisotopic (exact) mass is 517 g/mol. The van der Waals surface area contributed by atoms with Crippen LogP contribution >= 0.6 is 27.7 Å². The number of carbonyl (C=O) groups excluding carboxylic acids is 2. The van der Waals surface area contributed by atoms with E-state index in [9.17, 15) is 14.9 Å². The molecular weight excluding hydrogens is 498 g/mol. The van der Waals surface area contributed by atoms with Gasteiger partial charge in [-0.1, -0.05) is 75.7 Å². The minimum atomic E-state index is -0.540. The summed E-state index contributed by atoms with van der Waals surface area (Å²) in [6.45, 7) is 1.96. The average molecular weight is 518 g/mol. The number of para-hydroxylation sites is 1. The van der Waals surface area contributed by atoms with Crippen LogP contribution in [-0.2, 0) is 16.0 Å². The molecular formula is C26H20BrN3O2S. The molecule has 0 aromatic heterocycles. The summed E-state index contributed by atoms with van der Waals surface area (Å²) in [5.41, 5.74) is 3.19. The summed E-state index contributed by atoms with van der Waals surface area (Å²) in [6.07, 6.45) is 0.488. The Kier molecular flexibility index (Phi) is 6.97. The number of nitriles is 1. The molecule has 1 heterocycles. The van der Waals surface area contributed by atoms with Gasteiger partial charge in [0.15, 0.2) is 0 Å². The molecule has 7 heteroatoms. The van der Waals surface area contributed by atoms with Gasteiger partial charge in [0, 0.05) is 15.8 Å². The second-order valence-electron chi connectivity index (χ2n) is 7.56. The van der Waals surface area contributed by atoms with Crippen LogP contribution in [0, 0.1) is 18.3 Å². The second-order valence-corrected chi connectivity index (χ2v) is 9.67. The lowest BCUT2D eigenvalue weighted by molar-refractivity contribution is -0.117. The minimum absolute atomic E-state index is 0.0870. The zero-order chi connectivity index (χ0) is 23.4. The van der Waals surface area contributed by atoms with Gasteiger partial charge < -0.3 is 5.32 Å². The van der Waals surface area contributed by atoms with Crippen molar-refractivity contribution in [2.75, 3.05) is 10.2 Å². The van der Waals surface area contributed by atoms with Crippen molar-refractivity contribution >= 4 is 50.9 Å². The molecule has 1 atom stereocenters. The fraction of sp³-hybridized carbons (Fsp3) is 0.115. The molecule has 1 saturated heterocycles. The molecule has 164 valence electrons. The Morgan fingerprint density at radius 1 is 1.06 bits per heavy atom. The maximum atomic E-state index is 13.4. The van der Waals surface area contributed by atoms with Crippen molar-refractivity contribution in [2.24, 2.45) is 0 Å². The molecule has 2 amide bonds. The van der Waals surface area contributed by atoms with Gasteiger partial charge in [0.25, 0.3) is 5.91 Å². The van der Waals surface area contributed by atoms with Gasteiger partial charge in [0.05, 0.1) is 5.25 Å². The van der Waals surface area contributed by atoms with E-state index >= 15 is 0 Å². The lowest BCUT2D eigenvalue weighted by Crippen LogP contribution is -2.30. The Labute approximate surface area is 205 Å². The molecule has 0 aliphatic carbocycles. The molecule has 33 heavy (non-hydrogen) atoms. The van der Waals surface area contributed by atoms with E-state index in [1.165, 1.54) is 16.7 Å². The third kappa shape index (κ3) is 5.19. The predicted molar refractivity (Wildman–Crippen MR) is 136 cm³/mol. The van der Waals surface area contributed by atoms with Crippen molar-refractivity contribution in [3.8, 4) is 6.07 Å². The van der Waals surface area contributed by atoms with Gasteiger partial charge in [-0.15, -0.1) is 0 Å². The van der Waals surface area contributed by atoms with Crippen LogP contribution < -0.4 is 10.2 Å². The molecule has 3 aromatic carbocycles. The fourth-order valence-corrected chi connectivity index (χ4v) is 5.04. The summed E-state index contributed by atoms with van der Waals surface area (Å²) in [7, 11) is 0. The van der Waals surface area contributed by atoms with Gasteiger partial charge in [-0.25, -0.2) is 0 Å². The highest BCUT2D eigenvalue weighted by atomic mass is 79.9. The van der Waals surface area contributed by atoms with Crippen molar-refractivity contribution in [1.29, 1.82) is 5.26 Å². The van der Waals surface area contributed by atoms with E-state index in [1.807, 2.05) is 67.6 Å². The Bertz CT molecular complexity index is 1250. The van der Waals surface area contributed by atoms with Crippen molar-refractivity contribution in [3.05, 3.63) is 105 Å². The number of rotatable bonds is 5. The van der Waals surface area contributed by atoms with E-state index in [-0.39, 0.29) is 11.5 Å². The van der Waals surface area contributed by atoms with Crippen molar-refractivity contribution in [2.45, 2.75) is 18.6 Å². The van der Waals surface area contributed by atoms with Crippen LogP contribution in [0.15, 0.2) is 93.9 Å². The molecule has 4 rings (SSSR count). The Morgan fingerprint density at radius 2 is 1.73 bits per heavy atom. The van der Waals surface area contributed by atoms with Gasteiger partial charge in [-0.2, -0.15) is 5.26 Å². The third-order valence-corrected chi connectivity index (χ3v) is 6.96. The van der Waals surface area contributed by atoms with Crippen LogP contribution in [0.2, 0.25) is 0 Å². The lowest BCUT2D eigenvalue weighted by Gasteiger charge is -2.18.